The molecule has 0 aromatic heterocycles. The van der Waals surface area contributed by atoms with Crippen LogP contribution in [0.25, 0.3) is 0 Å². The Bertz CT molecular complexity index is 475. The largest absolute Gasteiger partial charge is 0.392 e. The number of benzene rings is 1. The predicted octanol–water partition coefficient (Wildman–Crippen LogP) is 1.54. The Hall–Kier alpha value is -0.870. The van der Waals surface area contributed by atoms with E-state index in [9.17, 15) is 13.5 Å². The number of aryl methyl sites for hydroxylation is 1. The molecule has 1 N–H and O–H groups in total. The molecule has 0 heterocycles. The molecular formula is C12H16O3S. The molecule has 0 radical (unpaired) electrons. The molecular weight excluding hydrogens is 224 g/mol. The highest BCUT2D eigenvalue weighted by Gasteiger charge is 2.33. The smallest absolute Gasteiger partial charge is 0.180 e. The van der Waals surface area contributed by atoms with E-state index < -0.39 is 15.9 Å². The maximum Gasteiger partial charge on any atom is 0.180 e. The number of sulfone groups is 1. The van der Waals surface area contributed by atoms with Crippen molar-refractivity contribution in [2.45, 2.75) is 30.8 Å². The molecule has 1 aromatic rings. The Morgan fingerprint density at radius 2 is 2.12 bits per heavy atom. The van der Waals surface area contributed by atoms with Gasteiger partial charge in [-0.15, -0.1) is 0 Å². The van der Waals surface area contributed by atoms with Crippen molar-refractivity contribution in [3.05, 3.63) is 29.8 Å². The Morgan fingerprint density at radius 1 is 1.44 bits per heavy atom. The van der Waals surface area contributed by atoms with Gasteiger partial charge in [0.2, 0.25) is 0 Å². The van der Waals surface area contributed by atoms with Gasteiger partial charge in [-0.25, -0.2) is 8.42 Å². The van der Waals surface area contributed by atoms with Gasteiger partial charge in [0.15, 0.2) is 9.84 Å². The van der Waals surface area contributed by atoms with Crippen molar-refractivity contribution in [1.82, 2.24) is 0 Å². The van der Waals surface area contributed by atoms with Gasteiger partial charge in [0.25, 0.3) is 0 Å². The molecule has 1 unspecified atom stereocenters. The van der Waals surface area contributed by atoms with Gasteiger partial charge in [-0.2, -0.15) is 0 Å². The van der Waals surface area contributed by atoms with E-state index in [-0.39, 0.29) is 11.7 Å². The normalized spacial score (nSPS) is 18.4. The van der Waals surface area contributed by atoms with Crippen molar-refractivity contribution in [3.8, 4) is 0 Å². The molecule has 0 saturated heterocycles. The molecule has 88 valence electrons. The van der Waals surface area contributed by atoms with E-state index in [4.69, 9.17) is 0 Å². The van der Waals surface area contributed by atoms with Crippen LogP contribution in [0.3, 0.4) is 0 Å². The first-order valence-corrected chi connectivity index (χ1v) is 7.12. The maximum atomic E-state index is 12.0. The molecule has 0 amide bonds. The molecule has 1 saturated carbocycles. The maximum absolute atomic E-state index is 12.0. The van der Waals surface area contributed by atoms with E-state index in [2.05, 4.69) is 0 Å². The van der Waals surface area contributed by atoms with Crippen LogP contribution in [0, 0.1) is 12.8 Å². The number of hydrogen-bond donors (Lipinski definition) is 1. The molecule has 2 rings (SSSR count). The van der Waals surface area contributed by atoms with Gasteiger partial charge < -0.3 is 5.11 Å². The number of aliphatic hydroxyl groups is 1. The first-order valence-electron chi connectivity index (χ1n) is 5.46. The summed E-state index contributed by atoms with van der Waals surface area (Å²) in [5.74, 6) is 0.0424. The van der Waals surface area contributed by atoms with Crippen LogP contribution in [0.5, 0.6) is 0 Å². The molecule has 1 fully saturated rings. The van der Waals surface area contributed by atoms with Gasteiger partial charge in [-0.1, -0.05) is 12.1 Å². The van der Waals surface area contributed by atoms with Gasteiger partial charge in [0, 0.05) is 0 Å². The highest BCUT2D eigenvalue weighted by molar-refractivity contribution is 7.91. The highest BCUT2D eigenvalue weighted by atomic mass is 32.2. The average Bonchev–Trinajstić information content (AvgIpc) is 3.00. The molecule has 0 spiro atoms. The Labute approximate surface area is 96.0 Å². The van der Waals surface area contributed by atoms with Gasteiger partial charge in [0.1, 0.15) is 0 Å². The van der Waals surface area contributed by atoms with Gasteiger partial charge >= 0.3 is 0 Å². The van der Waals surface area contributed by atoms with Crippen LogP contribution < -0.4 is 0 Å². The summed E-state index contributed by atoms with van der Waals surface area (Å²) >= 11 is 0. The van der Waals surface area contributed by atoms with E-state index in [1.807, 2.05) is 13.0 Å². The summed E-state index contributed by atoms with van der Waals surface area (Å²) in [5, 5.41) is 9.68. The quantitative estimate of drug-likeness (QED) is 0.868. The summed E-state index contributed by atoms with van der Waals surface area (Å²) in [5.41, 5.74) is 0.919. The SMILES string of the molecule is Cc1cccc(S(=O)(=O)CC(O)C2CC2)c1. The minimum absolute atomic E-state index is 0.152. The zero-order chi connectivity index (χ0) is 11.8. The van der Waals surface area contributed by atoms with Crippen LogP contribution in [-0.4, -0.2) is 25.4 Å². The highest BCUT2D eigenvalue weighted by Crippen LogP contribution is 2.33. The summed E-state index contributed by atoms with van der Waals surface area (Å²) in [4.78, 5) is 0.312. The fraction of sp³-hybridized carbons (Fsp3) is 0.500. The van der Waals surface area contributed by atoms with E-state index in [1.165, 1.54) is 0 Å². The molecule has 1 aromatic carbocycles. The zero-order valence-corrected chi connectivity index (χ0v) is 10.1. The first-order chi connectivity index (χ1) is 7.49. The third-order valence-electron chi connectivity index (χ3n) is 2.90. The summed E-state index contributed by atoms with van der Waals surface area (Å²) in [6.07, 6.45) is 1.19. The van der Waals surface area contributed by atoms with E-state index in [1.54, 1.807) is 18.2 Å². The lowest BCUT2D eigenvalue weighted by Gasteiger charge is -2.10. The minimum Gasteiger partial charge on any atom is -0.392 e. The zero-order valence-electron chi connectivity index (χ0n) is 9.26. The van der Waals surface area contributed by atoms with Crippen LogP contribution in [-0.2, 0) is 9.84 Å². The van der Waals surface area contributed by atoms with E-state index >= 15 is 0 Å². The second-order valence-electron chi connectivity index (χ2n) is 4.50. The molecule has 0 bridgehead atoms. The molecule has 16 heavy (non-hydrogen) atoms. The lowest BCUT2D eigenvalue weighted by atomic mass is 10.2. The number of rotatable bonds is 4. The molecule has 1 aliphatic carbocycles. The van der Waals surface area contributed by atoms with Crippen LogP contribution in [0.1, 0.15) is 18.4 Å². The molecule has 1 atom stereocenters. The number of hydrogen-bond acceptors (Lipinski definition) is 3. The lowest BCUT2D eigenvalue weighted by molar-refractivity contribution is 0.174. The van der Waals surface area contributed by atoms with E-state index in [0.29, 0.717) is 4.90 Å². The monoisotopic (exact) mass is 240 g/mol. The van der Waals surface area contributed by atoms with Crippen LogP contribution in [0.4, 0.5) is 0 Å². The van der Waals surface area contributed by atoms with E-state index in [0.717, 1.165) is 18.4 Å². The Kier molecular flexibility index (Phi) is 3.04. The van der Waals surface area contributed by atoms with Crippen molar-refractivity contribution in [2.24, 2.45) is 5.92 Å². The fourth-order valence-corrected chi connectivity index (χ4v) is 3.31. The first kappa shape index (κ1) is 11.6. The van der Waals surface area contributed by atoms with Gasteiger partial charge in [-0.3, -0.25) is 0 Å². The number of aliphatic hydroxyl groups excluding tert-OH is 1. The Balaban J connectivity index is 2.17. The molecule has 4 heteroatoms. The van der Waals surface area contributed by atoms with Gasteiger partial charge in [-0.05, 0) is 43.4 Å². The molecule has 3 nitrogen and oxygen atoms in total. The summed E-state index contributed by atoms with van der Waals surface area (Å²) in [7, 11) is -3.34. The summed E-state index contributed by atoms with van der Waals surface area (Å²) < 4.78 is 23.9. The standard InChI is InChI=1S/C12H16O3S/c1-9-3-2-4-11(7-9)16(14,15)8-12(13)10-5-6-10/h2-4,7,10,12-13H,5-6,8H2,1H3. The topological polar surface area (TPSA) is 54.4 Å². The van der Waals surface area contributed by atoms with Crippen molar-refractivity contribution in [1.29, 1.82) is 0 Å². The van der Waals surface area contributed by atoms with Crippen molar-refractivity contribution < 1.29 is 13.5 Å². The summed E-state index contributed by atoms with van der Waals surface area (Å²) in [6, 6.07) is 6.82. The van der Waals surface area contributed by atoms with Crippen molar-refractivity contribution in [3.63, 3.8) is 0 Å². The van der Waals surface area contributed by atoms with Crippen molar-refractivity contribution >= 4 is 9.84 Å². The lowest BCUT2D eigenvalue weighted by Crippen LogP contribution is -2.22. The van der Waals surface area contributed by atoms with Crippen LogP contribution in [0.2, 0.25) is 0 Å². The second-order valence-corrected chi connectivity index (χ2v) is 6.54. The van der Waals surface area contributed by atoms with Gasteiger partial charge in [0.05, 0.1) is 16.8 Å². The van der Waals surface area contributed by atoms with Crippen LogP contribution >= 0.6 is 0 Å². The third-order valence-corrected chi connectivity index (χ3v) is 4.66. The average molecular weight is 240 g/mol. The minimum atomic E-state index is -3.34. The Morgan fingerprint density at radius 3 is 2.69 bits per heavy atom. The third kappa shape index (κ3) is 2.62. The molecule has 0 aliphatic heterocycles. The fourth-order valence-electron chi connectivity index (χ4n) is 1.75. The second kappa shape index (κ2) is 4.18. The predicted molar refractivity (Wildman–Crippen MR) is 62.0 cm³/mol. The van der Waals surface area contributed by atoms with Crippen LogP contribution in [0.15, 0.2) is 29.2 Å². The molecule has 1 aliphatic rings. The van der Waals surface area contributed by atoms with Crippen molar-refractivity contribution in [2.75, 3.05) is 5.75 Å². The summed E-state index contributed by atoms with van der Waals surface area (Å²) in [6.45, 7) is 1.86.